The molecule has 3 rings (SSSR count). The third-order valence-electron chi connectivity index (χ3n) is 15.8. The van der Waals surface area contributed by atoms with E-state index in [1.165, 1.54) is 258 Å². The van der Waals surface area contributed by atoms with Crippen molar-refractivity contribution in [3.8, 4) is 23.7 Å². The summed E-state index contributed by atoms with van der Waals surface area (Å²) in [6.07, 6.45) is 60.6. The van der Waals surface area contributed by atoms with Gasteiger partial charge >= 0.3 is 16.5 Å². The number of allylic oxidation sites excluding steroid dienone is 2. The number of rotatable bonds is 46. The van der Waals surface area contributed by atoms with E-state index in [1.807, 2.05) is 0 Å². The zero-order valence-corrected chi connectivity index (χ0v) is 54.2. The molecule has 0 unspecified atom stereocenters. The van der Waals surface area contributed by atoms with Crippen molar-refractivity contribution in [2.24, 2.45) is 0 Å². The fraction of sp³-hybridized carbons (Fsp3) is 0.711. The van der Waals surface area contributed by atoms with Crippen molar-refractivity contribution >= 4 is 11.4 Å². The number of hydrogen-bond donors (Lipinski definition) is 0. The molecule has 0 aromatic heterocycles. The molecular weight excluding hydrogens is 1000 g/mol. The van der Waals surface area contributed by atoms with Crippen LogP contribution in [-0.4, -0.2) is 4.70 Å². The van der Waals surface area contributed by atoms with Gasteiger partial charge < -0.3 is 19.4 Å². The molecule has 0 fully saturated rings. The average molecular weight is 1130 g/mol. The Balaban J connectivity index is 0.00000272. The second kappa shape index (κ2) is 58.3. The van der Waals surface area contributed by atoms with Crippen LogP contribution < -0.4 is 0 Å². The van der Waals surface area contributed by atoms with Gasteiger partial charge in [0.1, 0.15) is 0 Å². The van der Waals surface area contributed by atoms with Crippen LogP contribution in [0.2, 0.25) is 0 Å². The molecule has 79 heavy (non-hydrogen) atoms. The number of hydrogen-bond acceptors (Lipinski definition) is 0. The average Bonchev–Trinajstić information content (AvgIpc) is 3.97. The van der Waals surface area contributed by atoms with E-state index in [0.29, 0.717) is 0 Å². The number of benzene rings is 2. The van der Waals surface area contributed by atoms with E-state index in [9.17, 15) is 5.53 Å². The van der Waals surface area contributed by atoms with E-state index >= 15 is 0 Å². The fourth-order valence-corrected chi connectivity index (χ4v) is 10.8. The van der Waals surface area contributed by atoms with E-state index in [1.54, 1.807) is 4.70 Å². The maximum atomic E-state index is 12.5. The van der Waals surface area contributed by atoms with Crippen LogP contribution in [0.25, 0.3) is 16.9 Å². The SMILES string of the molecule is CCCCCCCCCCCC#CCCc1ccccc1C1=C(CCCC)C(CCCCCCCC)=C(c2ccccc2CCC#CCCCCCCCCCCC)[N+]1=[N-].[CH2-]CCCCCCCC.[CH2-]CCCCCCCC.[Ni+2]. The molecule has 1 aliphatic heterocycles. The standard InChI is InChI=1S/C58H88N2.2C9H19.Ni/c1-5-9-13-16-19-21-23-25-27-29-31-33-36-43-51-45-39-41-48-53(51)57-55(47-12-8-4)56(50-38-35-18-15-11-7-3)58(60(57)59)54-49-42-40-46-52(54)44-37-34-32-30-28-26-24-22-20-17-14-10-6-2;2*1-3-5-7-9-8-6-4-2;/h39-42,45-46,48-49H,5-30,35-38,43-44,47,50H2,1-4H3;2*1,3-9H2,2H3;/q;2*-1;+2. The Hall–Kier alpha value is -2.87. The van der Waals surface area contributed by atoms with Crippen molar-refractivity contribution in [1.82, 2.24) is 0 Å². The molecule has 0 saturated heterocycles. The summed E-state index contributed by atoms with van der Waals surface area (Å²) in [5.74, 6) is 14.0. The largest absolute Gasteiger partial charge is 2.00 e. The molecule has 0 atom stereocenters. The van der Waals surface area contributed by atoms with Gasteiger partial charge in [0, 0.05) is 48.0 Å². The summed E-state index contributed by atoms with van der Waals surface area (Å²) in [5.41, 5.74) is 22.2. The monoisotopic (exact) mass is 1120 g/mol. The molecule has 0 aliphatic carbocycles. The van der Waals surface area contributed by atoms with Crippen LogP contribution in [-0.2, 0) is 29.3 Å². The fourth-order valence-electron chi connectivity index (χ4n) is 10.8. The molecule has 0 bridgehead atoms. The normalized spacial score (nSPS) is 11.8. The van der Waals surface area contributed by atoms with Crippen molar-refractivity contribution in [2.75, 3.05) is 0 Å². The van der Waals surface area contributed by atoms with Gasteiger partial charge in [-0.25, -0.2) is 4.70 Å². The Kier molecular flexibility index (Phi) is 56.2. The van der Waals surface area contributed by atoms with Crippen molar-refractivity contribution in [3.05, 3.63) is 101 Å². The first-order valence-corrected chi connectivity index (χ1v) is 34.1. The Labute approximate surface area is 504 Å². The smallest absolute Gasteiger partial charge is 0.493 e. The second-order valence-electron chi connectivity index (χ2n) is 23.0. The predicted octanol–water partition coefficient (Wildman–Crippen LogP) is 25.7. The van der Waals surface area contributed by atoms with Crippen LogP contribution in [0.5, 0.6) is 0 Å². The Morgan fingerprint density at radius 2 is 0.582 bits per heavy atom. The summed E-state index contributed by atoms with van der Waals surface area (Å²) >= 11 is 0. The van der Waals surface area contributed by atoms with E-state index in [0.717, 1.165) is 94.9 Å². The first kappa shape index (κ1) is 76.1. The molecule has 2 aromatic rings. The van der Waals surface area contributed by atoms with Gasteiger partial charge in [-0.05, 0) is 74.6 Å². The molecule has 450 valence electrons. The van der Waals surface area contributed by atoms with Crippen LogP contribution in [0.3, 0.4) is 0 Å². The molecule has 2 nitrogen and oxygen atoms in total. The number of unbranched alkanes of at least 4 members (excludes halogenated alkanes) is 36. The van der Waals surface area contributed by atoms with Crippen LogP contribution in [0.15, 0.2) is 59.7 Å². The molecule has 0 radical (unpaired) electrons. The Morgan fingerprint density at radius 3 is 0.911 bits per heavy atom. The summed E-state index contributed by atoms with van der Waals surface area (Å²) in [6.45, 7) is 21.3. The van der Waals surface area contributed by atoms with Gasteiger partial charge in [-0.1, -0.05) is 296 Å². The van der Waals surface area contributed by atoms with Crippen molar-refractivity contribution in [1.29, 1.82) is 0 Å². The molecule has 2 aromatic carbocycles. The van der Waals surface area contributed by atoms with Gasteiger partial charge in [0.25, 0.3) is 0 Å². The van der Waals surface area contributed by atoms with Crippen LogP contribution >= 0.6 is 0 Å². The van der Waals surface area contributed by atoms with Gasteiger partial charge in [0.05, 0.1) is 0 Å². The van der Waals surface area contributed by atoms with Crippen molar-refractivity contribution < 1.29 is 21.2 Å². The minimum absolute atomic E-state index is 0. The first-order chi connectivity index (χ1) is 38.5. The molecule has 0 spiro atoms. The summed E-state index contributed by atoms with van der Waals surface area (Å²) in [6, 6.07) is 17.7. The third kappa shape index (κ3) is 39.3. The maximum Gasteiger partial charge on any atom is 2.00 e. The van der Waals surface area contributed by atoms with Crippen molar-refractivity contribution in [3.63, 3.8) is 0 Å². The minimum atomic E-state index is 0. The van der Waals surface area contributed by atoms with Gasteiger partial charge in [0.2, 0.25) is 11.4 Å². The molecule has 0 N–H and O–H groups in total. The van der Waals surface area contributed by atoms with Gasteiger partial charge in [-0.15, -0.1) is 23.7 Å². The van der Waals surface area contributed by atoms with Crippen molar-refractivity contribution in [2.45, 2.75) is 350 Å². The molecule has 1 aliphatic rings. The summed E-state index contributed by atoms with van der Waals surface area (Å²) in [7, 11) is 0. The zero-order valence-electron chi connectivity index (χ0n) is 53.2. The van der Waals surface area contributed by atoms with Crippen LogP contribution in [0.4, 0.5) is 0 Å². The molecule has 3 heteroatoms. The quantitative estimate of drug-likeness (QED) is 0.0208. The van der Waals surface area contributed by atoms with Gasteiger partial charge in [0.15, 0.2) is 0 Å². The second-order valence-corrected chi connectivity index (χ2v) is 23.0. The molecule has 1 heterocycles. The predicted molar refractivity (Wildman–Crippen MR) is 350 cm³/mol. The minimum Gasteiger partial charge on any atom is -0.493 e. The summed E-state index contributed by atoms with van der Waals surface area (Å²) < 4.78 is 1.61. The summed E-state index contributed by atoms with van der Waals surface area (Å²) in [4.78, 5) is 0. The van der Waals surface area contributed by atoms with Crippen LogP contribution in [0, 0.1) is 37.5 Å². The number of nitrogens with zero attached hydrogens (tertiary/aromatic N) is 2. The van der Waals surface area contributed by atoms with E-state index < -0.39 is 0 Å². The Morgan fingerprint density at radius 1 is 0.316 bits per heavy atom. The van der Waals surface area contributed by atoms with E-state index in [4.69, 9.17) is 0 Å². The first-order valence-electron chi connectivity index (χ1n) is 34.1. The third-order valence-corrected chi connectivity index (χ3v) is 15.8. The summed E-state index contributed by atoms with van der Waals surface area (Å²) in [5, 5.41) is 0. The van der Waals surface area contributed by atoms with E-state index in [2.05, 4.69) is 128 Å². The van der Waals surface area contributed by atoms with Gasteiger partial charge in [-0.2, -0.15) is 12.8 Å². The topological polar surface area (TPSA) is 25.3 Å². The van der Waals surface area contributed by atoms with Gasteiger partial charge in [-0.3, -0.25) is 0 Å². The van der Waals surface area contributed by atoms with Crippen LogP contribution in [0.1, 0.15) is 359 Å². The molecule has 0 saturated carbocycles. The Bertz CT molecular complexity index is 1870. The van der Waals surface area contributed by atoms with E-state index in [-0.39, 0.29) is 16.5 Å². The maximum absolute atomic E-state index is 12.5. The molecule has 0 amide bonds. The number of aryl methyl sites for hydroxylation is 2. The zero-order chi connectivity index (χ0) is 56.6. The molecular formula is C76H126N2Ni.